The number of rotatable bonds is 5. The second kappa shape index (κ2) is 7.66. The monoisotopic (exact) mass is 374 g/mol. The zero-order chi connectivity index (χ0) is 18.7. The third kappa shape index (κ3) is 3.60. The van der Waals surface area contributed by atoms with Crippen LogP contribution >= 0.6 is 11.6 Å². The molecule has 1 aliphatic rings. The van der Waals surface area contributed by atoms with Gasteiger partial charge >= 0.3 is 0 Å². The minimum absolute atomic E-state index is 0.231. The van der Waals surface area contributed by atoms with Gasteiger partial charge in [-0.1, -0.05) is 17.7 Å². The van der Waals surface area contributed by atoms with Crippen LogP contribution in [0.2, 0.25) is 5.02 Å². The Balaban J connectivity index is 1.72. The molecule has 0 spiro atoms. The first kappa shape index (κ1) is 18.1. The van der Waals surface area contributed by atoms with Gasteiger partial charge in [-0.25, -0.2) is 0 Å². The number of ether oxygens (including phenoxy) is 2. The average molecular weight is 375 g/mol. The van der Waals surface area contributed by atoms with Crippen LogP contribution in [-0.4, -0.2) is 32.6 Å². The van der Waals surface area contributed by atoms with Crippen molar-refractivity contribution in [3.05, 3.63) is 47.5 Å². The Morgan fingerprint density at radius 1 is 1.15 bits per heavy atom. The molecule has 1 fully saturated rings. The molecule has 6 nitrogen and oxygen atoms in total. The van der Waals surface area contributed by atoms with E-state index in [9.17, 15) is 9.59 Å². The molecule has 2 aromatic carbocycles. The molecule has 0 aromatic heterocycles. The van der Waals surface area contributed by atoms with Gasteiger partial charge in [-0.05, 0) is 36.8 Å². The van der Waals surface area contributed by atoms with Crippen molar-refractivity contribution in [1.82, 2.24) is 0 Å². The van der Waals surface area contributed by atoms with Gasteiger partial charge in [0.2, 0.25) is 11.8 Å². The van der Waals surface area contributed by atoms with Crippen molar-refractivity contribution in [3.8, 4) is 11.5 Å². The van der Waals surface area contributed by atoms with Crippen LogP contribution in [0.5, 0.6) is 11.5 Å². The van der Waals surface area contributed by atoms with E-state index in [1.165, 1.54) is 14.2 Å². The third-order valence-electron chi connectivity index (χ3n) is 4.29. The van der Waals surface area contributed by atoms with E-state index in [2.05, 4.69) is 5.32 Å². The van der Waals surface area contributed by atoms with E-state index in [1.807, 2.05) is 0 Å². The molecule has 1 unspecified atom stereocenters. The van der Waals surface area contributed by atoms with Crippen molar-refractivity contribution in [2.45, 2.75) is 6.42 Å². The van der Waals surface area contributed by atoms with Crippen LogP contribution in [0.15, 0.2) is 42.5 Å². The number of benzene rings is 2. The molecule has 2 aromatic rings. The first-order valence-electron chi connectivity index (χ1n) is 8.13. The number of hydrogen-bond donors (Lipinski definition) is 1. The lowest BCUT2D eigenvalue weighted by molar-refractivity contribution is -0.129. The van der Waals surface area contributed by atoms with Crippen LogP contribution in [0.25, 0.3) is 0 Å². The van der Waals surface area contributed by atoms with Crippen LogP contribution in [0.4, 0.5) is 11.4 Å². The van der Waals surface area contributed by atoms with Gasteiger partial charge in [0, 0.05) is 29.0 Å². The lowest BCUT2D eigenvalue weighted by Gasteiger charge is -2.17. The highest BCUT2D eigenvalue weighted by Crippen LogP contribution is 2.31. The number of methoxy groups -OCH3 is 2. The number of carbonyl (C=O) groups is 2. The number of anilines is 2. The minimum Gasteiger partial charge on any atom is -0.493 e. The molecule has 2 amide bonds. The van der Waals surface area contributed by atoms with Crippen molar-refractivity contribution < 1.29 is 19.1 Å². The second-order valence-corrected chi connectivity index (χ2v) is 6.31. The summed E-state index contributed by atoms with van der Waals surface area (Å²) in [6, 6.07) is 12.1. The van der Waals surface area contributed by atoms with Crippen LogP contribution < -0.4 is 19.7 Å². The van der Waals surface area contributed by atoms with Crippen LogP contribution in [0.3, 0.4) is 0 Å². The lowest BCUT2D eigenvalue weighted by Crippen LogP contribution is -2.33. The maximum absolute atomic E-state index is 12.6. The van der Waals surface area contributed by atoms with E-state index in [4.69, 9.17) is 21.1 Å². The maximum Gasteiger partial charge on any atom is 0.239 e. The summed E-state index contributed by atoms with van der Waals surface area (Å²) >= 11 is 5.99. The molecule has 1 saturated heterocycles. The van der Waals surface area contributed by atoms with Crippen molar-refractivity contribution in [2.75, 3.05) is 31.0 Å². The molecule has 1 heterocycles. The van der Waals surface area contributed by atoms with Crippen LogP contribution in [0, 0.1) is 5.92 Å². The maximum atomic E-state index is 12.6. The van der Waals surface area contributed by atoms with E-state index in [1.54, 1.807) is 47.4 Å². The Morgan fingerprint density at radius 3 is 2.62 bits per heavy atom. The van der Waals surface area contributed by atoms with Gasteiger partial charge in [-0.3, -0.25) is 9.59 Å². The fourth-order valence-corrected chi connectivity index (χ4v) is 3.15. The summed E-state index contributed by atoms with van der Waals surface area (Å²) in [5.74, 6) is -0.239. The number of halogens is 1. The molecule has 3 rings (SSSR count). The molecule has 1 N–H and O–H groups in total. The quantitative estimate of drug-likeness (QED) is 0.815. The third-order valence-corrected chi connectivity index (χ3v) is 4.53. The van der Waals surface area contributed by atoms with Crippen molar-refractivity contribution in [2.24, 2.45) is 5.92 Å². The van der Waals surface area contributed by atoms with Crippen molar-refractivity contribution in [3.63, 3.8) is 0 Å². The molecular formula is C19H19ClN2O4. The molecule has 1 atom stereocenters. The van der Waals surface area contributed by atoms with Crippen molar-refractivity contribution >= 4 is 34.8 Å². The first-order valence-corrected chi connectivity index (χ1v) is 8.51. The summed E-state index contributed by atoms with van der Waals surface area (Å²) in [6.45, 7) is 0.475. The summed E-state index contributed by atoms with van der Waals surface area (Å²) in [6.07, 6.45) is 0.449. The molecule has 0 radical (unpaired) electrons. The van der Waals surface area contributed by atoms with Gasteiger partial charge < -0.3 is 19.7 Å². The lowest BCUT2D eigenvalue weighted by atomic mass is 10.1. The smallest absolute Gasteiger partial charge is 0.239 e. The normalized spacial score (nSPS) is 16.5. The summed E-state index contributed by atoms with van der Waals surface area (Å²) < 4.78 is 10.4. The molecule has 0 saturated carbocycles. The van der Waals surface area contributed by atoms with Crippen molar-refractivity contribution in [1.29, 1.82) is 0 Å². The molecule has 136 valence electrons. The topological polar surface area (TPSA) is 67.9 Å². The Bertz CT molecular complexity index is 840. The van der Waals surface area contributed by atoms with Gasteiger partial charge in [-0.15, -0.1) is 0 Å². The number of nitrogens with zero attached hydrogens (tertiary/aromatic N) is 1. The second-order valence-electron chi connectivity index (χ2n) is 5.87. The largest absolute Gasteiger partial charge is 0.493 e. The first-order chi connectivity index (χ1) is 12.5. The molecule has 0 aliphatic carbocycles. The van der Waals surface area contributed by atoms with E-state index >= 15 is 0 Å². The Morgan fingerprint density at radius 2 is 1.92 bits per heavy atom. The summed E-state index contributed by atoms with van der Waals surface area (Å²) in [7, 11) is 3.06. The molecule has 0 bridgehead atoms. The number of amides is 2. The zero-order valence-electron chi connectivity index (χ0n) is 14.5. The fraction of sp³-hybridized carbons (Fsp3) is 0.263. The van der Waals surface area contributed by atoms with E-state index in [0.29, 0.717) is 40.9 Å². The summed E-state index contributed by atoms with van der Waals surface area (Å²) in [4.78, 5) is 26.8. The van der Waals surface area contributed by atoms with Crippen LogP contribution in [-0.2, 0) is 9.59 Å². The minimum atomic E-state index is -0.734. The predicted molar refractivity (Wildman–Crippen MR) is 100 cm³/mol. The zero-order valence-corrected chi connectivity index (χ0v) is 15.2. The van der Waals surface area contributed by atoms with Gasteiger partial charge in [0.05, 0.1) is 14.2 Å². The van der Waals surface area contributed by atoms with Gasteiger partial charge in [0.15, 0.2) is 11.5 Å². The predicted octanol–water partition coefficient (Wildman–Crippen LogP) is 3.35. The van der Waals surface area contributed by atoms with Gasteiger partial charge in [-0.2, -0.15) is 0 Å². The summed E-state index contributed by atoms with van der Waals surface area (Å²) in [5.41, 5.74) is 1.24. The highest BCUT2D eigenvalue weighted by Gasteiger charge is 2.37. The highest BCUT2D eigenvalue weighted by molar-refractivity contribution is 6.31. The number of carbonyl (C=O) groups excluding carboxylic acids is 2. The number of hydrogen-bond acceptors (Lipinski definition) is 4. The standard InChI is InChI=1S/C19H19ClN2O4/c1-25-16-7-6-13(11-17(16)26-2)21-18(23)15-8-9-22(19(15)24)14-5-3-4-12(20)10-14/h3-7,10-11,15H,8-9H2,1-2H3,(H,21,23). The van der Waals surface area contributed by atoms with E-state index in [0.717, 1.165) is 0 Å². The molecular weight excluding hydrogens is 356 g/mol. The Kier molecular flexibility index (Phi) is 5.32. The average Bonchev–Trinajstić information content (AvgIpc) is 3.03. The van der Waals surface area contributed by atoms with E-state index < -0.39 is 5.92 Å². The summed E-state index contributed by atoms with van der Waals surface area (Å²) in [5, 5.41) is 3.33. The fourth-order valence-electron chi connectivity index (χ4n) is 2.97. The highest BCUT2D eigenvalue weighted by atomic mass is 35.5. The Labute approximate surface area is 156 Å². The van der Waals surface area contributed by atoms with E-state index in [-0.39, 0.29) is 11.8 Å². The molecule has 7 heteroatoms. The van der Waals surface area contributed by atoms with Gasteiger partial charge in [0.25, 0.3) is 0 Å². The SMILES string of the molecule is COc1ccc(NC(=O)C2CCN(c3cccc(Cl)c3)C2=O)cc1OC. The van der Waals surface area contributed by atoms with Crippen LogP contribution in [0.1, 0.15) is 6.42 Å². The Hall–Kier alpha value is -2.73. The molecule has 26 heavy (non-hydrogen) atoms. The van der Waals surface area contributed by atoms with Gasteiger partial charge in [0.1, 0.15) is 5.92 Å². The molecule has 1 aliphatic heterocycles. The number of nitrogens with one attached hydrogen (secondary N) is 1.